The van der Waals surface area contributed by atoms with Crippen LogP contribution in [0.15, 0.2) is 42.7 Å². The third kappa shape index (κ3) is 2.82. The van der Waals surface area contributed by atoms with E-state index in [2.05, 4.69) is 15.5 Å². The smallest absolute Gasteiger partial charge is 0.260 e. The lowest BCUT2D eigenvalue weighted by atomic mass is 10.2. The number of hydrogen-bond acceptors (Lipinski definition) is 3. The molecule has 3 rings (SSSR count). The Labute approximate surface area is 141 Å². The van der Waals surface area contributed by atoms with Crippen molar-refractivity contribution in [2.24, 2.45) is 0 Å². The molecular formula is C18H21N5O. The fraction of sp³-hybridized carbons (Fsp3) is 0.278. The third-order valence-corrected chi connectivity index (χ3v) is 4.00. The summed E-state index contributed by atoms with van der Waals surface area (Å²) < 4.78 is 3.57. The van der Waals surface area contributed by atoms with E-state index < -0.39 is 0 Å². The Kier molecular flexibility index (Phi) is 4.20. The van der Waals surface area contributed by atoms with E-state index >= 15 is 0 Å². The molecule has 3 aromatic rings. The van der Waals surface area contributed by atoms with E-state index in [4.69, 9.17) is 0 Å². The van der Waals surface area contributed by atoms with Crippen LogP contribution in [0.25, 0.3) is 5.69 Å². The number of carbonyl (C=O) groups is 1. The summed E-state index contributed by atoms with van der Waals surface area (Å²) in [5, 5.41) is 11.5. The molecule has 0 aliphatic heterocycles. The van der Waals surface area contributed by atoms with Crippen LogP contribution < -0.4 is 5.32 Å². The fourth-order valence-corrected chi connectivity index (χ4v) is 2.68. The van der Waals surface area contributed by atoms with Crippen molar-refractivity contribution in [2.75, 3.05) is 5.32 Å². The molecule has 0 aliphatic carbocycles. The van der Waals surface area contributed by atoms with Crippen molar-refractivity contribution in [3.63, 3.8) is 0 Å². The molecule has 1 N–H and O–H groups in total. The number of amides is 1. The van der Waals surface area contributed by atoms with Gasteiger partial charge in [-0.25, -0.2) is 9.36 Å². The monoisotopic (exact) mass is 323 g/mol. The maximum Gasteiger partial charge on any atom is 0.260 e. The molecule has 2 heterocycles. The second-order valence-electron chi connectivity index (χ2n) is 6.05. The lowest BCUT2D eigenvalue weighted by Gasteiger charge is -2.12. The Morgan fingerprint density at radius 3 is 2.58 bits per heavy atom. The van der Waals surface area contributed by atoms with Crippen LogP contribution in [0.2, 0.25) is 0 Å². The number of hydrogen-bond donors (Lipinski definition) is 1. The van der Waals surface area contributed by atoms with Crippen molar-refractivity contribution < 1.29 is 4.79 Å². The van der Waals surface area contributed by atoms with Crippen molar-refractivity contribution in [1.82, 2.24) is 19.6 Å². The maximum atomic E-state index is 12.6. The van der Waals surface area contributed by atoms with Crippen LogP contribution in [0.1, 0.15) is 41.5 Å². The first-order valence-corrected chi connectivity index (χ1v) is 7.94. The van der Waals surface area contributed by atoms with E-state index in [9.17, 15) is 4.79 Å². The summed E-state index contributed by atoms with van der Waals surface area (Å²) in [4.78, 5) is 12.6. The van der Waals surface area contributed by atoms with Gasteiger partial charge < -0.3 is 5.32 Å². The SMILES string of the molecule is Cc1ccccc1-n1ncc(C(=O)Nc2ccnn2C(C)C)c1C. The zero-order valence-corrected chi connectivity index (χ0v) is 14.3. The van der Waals surface area contributed by atoms with Crippen LogP contribution in [0.4, 0.5) is 5.82 Å². The Balaban J connectivity index is 1.90. The second kappa shape index (κ2) is 6.31. The summed E-state index contributed by atoms with van der Waals surface area (Å²) in [6.07, 6.45) is 3.28. The molecule has 0 aliphatic rings. The maximum absolute atomic E-state index is 12.6. The summed E-state index contributed by atoms with van der Waals surface area (Å²) in [7, 11) is 0. The van der Waals surface area contributed by atoms with Gasteiger partial charge in [0, 0.05) is 12.1 Å². The molecule has 0 spiro atoms. The third-order valence-electron chi connectivity index (χ3n) is 4.00. The van der Waals surface area contributed by atoms with Gasteiger partial charge in [0.2, 0.25) is 0 Å². The topological polar surface area (TPSA) is 64.7 Å². The van der Waals surface area contributed by atoms with Crippen LogP contribution in [-0.4, -0.2) is 25.5 Å². The molecule has 0 atom stereocenters. The molecule has 0 saturated heterocycles. The van der Waals surface area contributed by atoms with Crippen molar-refractivity contribution in [3.8, 4) is 5.69 Å². The van der Waals surface area contributed by atoms with Crippen molar-refractivity contribution in [2.45, 2.75) is 33.7 Å². The molecular weight excluding hydrogens is 302 g/mol. The second-order valence-corrected chi connectivity index (χ2v) is 6.05. The molecule has 0 bridgehead atoms. The van der Waals surface area contributed by atoms with Gasteiger partial charge in [0.15, 0.2) is 0 Å². The Hall–Kier alpha value is -2.89. The molecule has 0 unspecified atom stereocenters. The quantitative estimate of drug-likeness (QED) is 0.799. The minimum atomic E-state index is -0.185. The van der Waals surface area contributed by atoms with E-state index in [0.717, 1.165) is 16.9 Å². The summed E-state index contributed by atoms with van der Waals surface area (Å²) in [5.41, 5.74) is 3.43. The predicted molar refractivity (Wildman–Crippen MR) is 93.6 cm³/mol. The molecule has 6 heteroatoms. The van der Waals surface area contributed by atoms with Crippen LogP contribution in [0.5, 0.6) is 0 Å². The average Bonchev–Trinajstić information content (AvgIpc) is 3.14. The number of nitrogens with one attached hydrogen (secondary N) is 1. The molecule has 0 fully saturated rings. The summed E-state index contributed by atoms with van der Waals surface area (Å²) in [6, 6.07) is 9.93. The normalized spacial score (nSPS) is 11.0. The Bertz CT molecular complexity index is 875. The number of rotatable bonds is 4. The first kappa shape index (κ1) is 16.0. The number of nitrogens with zero attached hydrogens (tertiary/aromatic N) is 4. The molecule has 1 amide bonds. The van der Waals surface area contributed by atoms with E-state index in [1.807, 2.05) is 52.0 Å². The first-order chi connectivity index (χ1) is 11.5. The van der Waals surface area contributed by atoms with Gasteiger partial charge in [0.05, 0.1) is 29.3 Å². The zero-order chi connectivity index (χ0) is 17.3. The summed E-state index contributed by atoms with van der Waals surface area (Å²) in [5.74, 6) is 0.493. The number of carbonyl (C=O) groups excluding carboxylic acids is 1. The van der Waals surface area contributed by atoms with Crippen molar-refractivity contribution in [1.29, 1.82) is 0 Å². The van der Waals surface area contributed by atoms with Crippen LogP contribution >= 0.6 is 0 Å². The highest BCUT2D eigenvalue weighted by molar-refractivity contribution is 6.04. The fourth-order valence-electron chi connectivity index (χ4n) is 2.68. The lowest BCUT2D eigenvalue weighted by molar-refractivity contribution is 0.102. The Morgan fingerprint density at radius 2 is 1.88 bits per heavy atom. The molecule has 2 aromatic heterocycles. The predicted octanol–water partition coefficient (Wildman–Crippen LogP) is 3.52. The molecule has 24 heavy (non-hydrogen) atoms. The van der Waals surface area contributed by atoms with Gasteiger partial charge >= 0.3 is 0 Å². The van der Waals surface area contributed by atoms with Gasteiger partial charge in [-0.05, 0) is 39.3 Å². The highest BCUT2D eigenvalue weighted by atomic mass is 16.1. The number of benzene rings is 1. The molecule has 1 aromatic carbocycles. The van der Waals surface area contributed by atoms with E-state index in [1.54, 1.807) is 27.8 Å². The molecule has 0 radical (unpaired) electrons. The van der Waals surface area contributed by atoms with Gasteiger partial charge in [-0.1, -0.05) is 18.2 Å². The number of anilines is 1. The minimum Gasteiger partial charge on any atom is -0.307 e. The van der Waals surface area contributed by atoms with Crippen LogP contribution in [-0.2, 0) is 0 Å². The average molecular weight is 323 g/mol. The molecule has 0 saturated carbocycles. The number of aryl methyl sites for hydroxylation is 1. The summed E-state index contributed by atoms with van der Waals surface area (Å²) in [6.45, 7) is 7.96. The Morgan fingerprint density at radius 1 is 1.12 bits per heavy atom. The minimum absolute atomic E-state index is 0.172. The van der Waals surface area contributed by atoms with Crippen molar-refractivity contribution in [3.05, 3.63) is 59.5 Å². The first-order valence-electron chi connectivity index (χ1n) is 7.94. The number of para-hydroxylation sites is 1. The zero-order valence-electron chi connectivity index (χ0n) is 14.3. The standard InChI is InChI=1S/C18H21N5O/c1-12(2)22-17(9-10-19-22)21-18(24)15-11-20-23(14(15)4)16-8-6-5-7-13(16)3/h5-12H,1-4H3,(H,21,24). The molecule has 6 nitrogen and oxygen atoms in total. The highest BCUT2D eigenvalue weighted by Gasteiger charge is 2.17. The van der Waals surface area contributed by atoms with E-state index in [0.29, 0.717) is 11.4 Å². The lowest BCUT2D eigenvalue weighted by Crippen LogP contribution is -2.17. The molecule has 124 valence electrons. The van der Waals surface area contributed by atoms with Crippen molar-refractivity contribution >= 4 is 11.7 Å². The van der Waals surface area contributed by atoms with Crippen LogP contribution in [0, 0.1) is 13.8 Å². The van der Waals surface area contributed by atoms with Gasteiger partial charge in [-0.3, -0.25) is 4.79 Å². The largest absolute Gasteiger partial charge is 0.307 e. The van der Waals surface area contributed by atoms with E-state index in [-0.39, 0.29) is 11.9 Å². The number of aromatic nitrogens is 4. The van der Waals surface area contributed by atoms with Gasteiger partial charge in [-0.2, -0.15) is 10.2 Å². The van der Waals surface area contributed by atoms with Gasteiger partial charge in [0.25, 0.3) is 5.91 Å². The van der Waals surface area contributed by atoms with Gasteiger partial charge in [-0.15, -0.1) is 0 Å². The highest BCUT2D eigenvalue weighted by Crippen LogP contribution is 2.19. The summed E-state index contributed by atoms with van der Waals surface area (Å²) >= 11 is 0. The van der Waals surface area contributed by atoms with Gasteiger partial charge in [0.1, 0.15) is 5.82 Å². The van der Waals surface area contributed by atoms with E-state index in [1.165, 1.54) is 0 Å². The van der Waals surface area contributed by atoms with Crippen LogP contribution in [0.3, 0.4) is 0 Å².